The first-order valence-corrected chi connectivity index (χ1v) is 6.57. The van der Waals surface area contributed by atoms with E-state index in [0.29, 0.717) is 12.3 Å². The van der Waals surface area contributed by atoms with Crippen molar-refractivity contribution in [2.24, 2.45) is 0 Å². The molecule has 1 aromatic rings. The molecule has 0 bridgehead atoms. The fourth-order valence-electron chi connectivity index (χ4n) is 1.45. The van der Waals surface area contributed by atoms with E-state index in [-0.39, 0.29) is 18.7 Å². The highest BCUT2D eigenvalue weighted by Gasteiger charge is 2.09. The summed E-state index contributed by atoms with van der Waals surface area (Å²) in [5, 5.41) is 3.05. The van der Waals surface area contributed by atoms with Crippen molar-refractivity contribution in [2.75, 3.05) is 13.7 Å². The first kappa shape index (κ1) is 15.0. The zero-order chi connectivity index (χ0) is 13.5. The third-order valence-corrected chi connectivity index (χ3v) is 2.60. The van der Waals surface area contributed by atoms with Crippen LogP contribution in [0.15, 0.2) is 22.7 Å². The van der Waals surface area contributed by atoms with E-state index in [2.05, 4.69) is 21.2 Å². The Morgan fingerprint density at radius 2 is 2.17 bits per heavy atom. The zero-order valence-corrected chi connectivity index (χ0v) is 12.4. The molecular formula is C13H18BrNO3. The molecule has 0 radical (unpaired) electrons. The number of nitrogens with one attached hydrogen (secondary N) is 1. The van der Waals surface area contributed by atoms with E-state index in [1.165, 1.54) is 0 Å². The average Bonchev–Trinajstić information content (AvgIpc) is 2.27. The van der Waals surface area contributed by atoms with Crippen molar-refractivity contribution in [2.45, 2.75) is 26.5 Å². The molecule has 1 rings (SSSR count). The molecule has 0 aliphatic heterocycles. The van der Waals surface area contributed by atoms with Crippen molar-refractivity contribution < 1.29 is 14.3 Å². The Kier molecular flexibility index (Phi) is 6.15. The van der Waals surface area contributed by atoms with Gasteiger partial charge < -0.3 is 14.8 Å². The summed E-state index contributed by atoms with van der Waals surface area (Å²) in [6, 6.07) is 5.67. The average molecular weight is 316 g/mol. The Hall–Kier alpha value is -1.07. The van der Waals surface area contributed by atoms with Gasteiger partial charge in [0.2, 0.25) is 0 Å². The van der Waals surface area contributed by atoms with Gasteiger partial charge >= 0.3 is 5.97 Å². The van der Waals surface area contributed by atoms with Crippen LogP contribution in [-0.2, 0) is 16.1 Å². The van der Waals surface area contributed by atoms with Crippen molar-refractivity contribution in [1.82, 2.24) is 5.32 Å². The molecule has 0 spiro atoms. The summed E-state index contributed by atoms with van der Waals surface area (Å²) >= 11 is 3.40. The topological polar surface area (TPSA) is 47.6 Å². The summed E-state index contributed by atoms with van der Waals surface area (Å²) in [5.41, 5.74) is 0.990. The van der Waals surface area contributed by atoms with Gasteiger partial charge in [-0.15, -0.1) is 0 Å². The van der Waals surface area contributed by atoms with E-state index >= 15 is 0 Å². The van der Waals surface area contributed by atoms with Gasteiger partial charge in [-0.3, -0.25) is 0 Å². The summed E-state index contributed by atoms with van der Waals surface area (Å²) in [6.07, 6.45) is -0.122. The van der Waals surface area contributed by atoms with Gasteiger partial charge in [0.25, 0.3) is 0 Å². The maximum atomic E-state index is 11.4. The molecule has 1 N–H and O–H groups in total. The van der Waals surface area contributed by atoms with E-state index in [9.17, 15) is 4.79 Å². The summed E-state index contributed by atoms with van der Waals surface area (Å²) in [7, 11) is 1.86. The maximum absolute atomic E-state index is 11.4. The number of esters is 1. The summed E-state index contributed by atoms with van der Waals surface area (Å²) < 4.78 is 11.5. The summed E-state index contributed by atoms with van der Waals surface area (Å²) in [5.74, 6) is 0.330. The quantitative estimate of drug-likeness (QED) is 0.819. The molecule has 0 unspecified atom stereocenters. The number of carbonyl (C=O) groups is 1. The van der Waals surface area contributed by atoms with Gasteiger partial charge in [0.1, 0.15) is 5.75 Å². The highest BCUT2D eigenvalue weighted by atomic mass is 79.9. The van der Waals surface area contributed by atoms with Gasteiger partial charge in [-0.25, -0.2) is 4.79 Å². The lowest BCUT2D eigenvalue weighted by Crippen LogP contribution is -2.19. The molecule has 0 saturated carbocycles. The first-order chi connectivity index (χ1) is 8.52. The number of benzene rings is 1. The number of hydrogen-bond donors (Lipinski definition) is 1. The minimum Gasteiger partial charge on any atom is -0.482 e. The lowest BCUT2D eigenvalue weighted by atomic mass is 10.2. The van der Waals surface area contributed by atoms with E-state index < -0.39 is 0 Å². The van der Waals surface area contributed by atoms with Crippen LogP contribution in [0.2, 0.25) is 0 Å². The van der Waals surface area contributed by atoms with Crippen molar-refractivity contribution in [3.8, 4) is 5.75 Å². The van der Waals surface area contributed by atoms with Crippen LogP contribution in [0.4, 0.5) is 0 Å². The molecule has 18 heavy (non-hydrogen) atoms. The third-order valence-electron chi connectivity index (χ3n) is 2.10. The number of carbonyl (C=O) groups excluding carboxylic acids is 1. The highest BCUT2D eigenvalue weighted by Crippen LogP contribution is 2.23. The first-order valence-electron chi connectivity index (χ1n) is 5.78. The van der Waals surface area contributed by atoms with Crippen LogP contribution in [0.5, 0.6) is 5.75 Å². The molecule has 0 amide bonds. The second-order valence-electron chi connectivity index (χ2n) is 4.11. The number of ether oxygens (including phenoxy) is 2. The molecule has 0 saturated heterocycles. The van der Waals surface area contributed by atoms with Crippen LogP contribution in [-0.4, -0.2) is 25.7 Å². The standard InChI is InChI=1S/C13H18BrNO3/c1-9(2)18-13(16)8-17-12-5-4-11(14)6-10(12)7-15-3/h4-6,9,15H,7-8H2,1-3H3. The molecule has 0 fully saturated rings. The van der Waals surface area contributed by atoms with Crippen molar-refractivity contribution in [3.05, 3.63) is 28.2 Å². The monoisotopic (exact) mass is 315 g/mol. The molecule has 5 heteroatoms. The van der Waals surface area contributed by atoms with Crippen LogP contribution < -0.4 is 10.1 Å². The molecular weight excluding hydrogens is 298 g/mol. The predicted octanol–water partition coefficient (Wildman–Crippen LogP) is 2.50. The molecule has 0 aliphatic carbocycles. The van der Waals surface area contributed by atoms with E-state index in [4.69, 9.17) is 9.47 Å². The van der Waals surface area contributed by atoms with E-state index in [0.717, 1.165) is 10.0 Å². The molecule has 0 aromatic heterocycles. The minimum absolute atomic E-state index is 0.0729. The lowest BCUT2D eigenvalue weighted by molar-refractivity contribution is -0.149. The molecule has 4 nitrogen and oxygen atoms in total. The minimum atomic E-state index is -0.358. The lowest BCUT2D eigenvalue weighted by Gasteiger charge is -2.12. The van der Waals surface area contributed by atoms with Crippen LogP contribution in [0.3, 0.4) is 0 Å². The van der Waals surface area contributed by atoms with Gasteiger partial charge in [0.15, 0.2) is 6.61 Å². The summed E-state index contributed by atoms with van der Waals surface area (Å²) in [4.78, 5) is 11.4. The normalized spacial score (nSPS) is 10.5. The van der Waals surface area contributed by atoms with Crippen LogP contribution in [0, 0.1) is 0 Å². The van der Waals surface area contributed by atoms with Gasteiger partial charge in [0, 0.05) is 16.6 Å². The molecule has 0 atom stereocenters. The fraction of sp³-hybridized carbons (Fsp3) is 0.462. The van der Waals surface area contributed by atoms with Crippen molar-refractivity contribution >= 4 is 21.9 Å². The highest BCUT2D eigenvalue weighted by molar-refractivity contribution is 9.10. The molecule has 1 aromatic carbocycles. The van der Waals surface area contributed by atoms with Crippen LogP contribution in [0.25, 0.3) is 0 Å². The van der Waals surface area contributed by atoms with Crippen molar-refractivity contribution in [1.29, 1.82) is 0 Å². The second kappa shape index (κ2) is 7.38. The second-order valence-corrected chi connectivity index (χ2v) is 5.03. The predicted molar refractivity (Wildman–Crippen MR) is 73.6 cm³/mol. The van der Waals surface area contributed by atoms with Gasteiger partial charge in [-0.1, -0.05) is 15.9 Å². The van der Waals surface area contributed by atoms with Crippen LogP contribution in [0.1, 0.15) is 19.4 Å². The Morgan fingerprint density at radius 3 is 2.78 bits per heavy atom. The van der Waals surface area contributed by atoms with Crippen molar-refractivity contribution in [3.63, 3.8) is 0 Å². The SMILES string of the molecule is CNCc1cc(Br)ccc1OCC(=O)OC(C)C. The molecule has 0 aliphatic rings. The maximum Gasteiger partial charge on any atom is 0.344 e. The zero-order valence-electron chi connectivity index (χ0n) is 10.8. The number of hydrogen-bond acceptors (Lipinski definition) is 4. The molecule has 0 heterocycles. The van der Waals surface area contributed by atoms with Crippen LogP contribution >= 0.6 is 15.9 Å². The number of rotatable bonds is 6. The fourth-order valence-corrected chi connectivity index (χ4v) is 1.86. The number of halogens is 1. The van der Waals surface area contributed by atoms with Gasteiger partial charge in [-0.05, 0) is 39.1 Å². The summed E-state index contributed by atoms with van der Waals surface area (Å²) in [6.45, 7) is 4.22. The van der Waals surface area contributed by atoms with Gasteiger partial charge in [0.05, 0.1) is 6.10 Å². The third kappa shape index (κ3) is 5.06. The van der Waals surface area contributed by atoms with Gasteiger partial charge in [-0.2, -0.15) is 0 Å². The Balaban J connectivity index is 2.63. The largest absolute Gasteiger partial charge is 0.482 e. The Bertz CT molecular complexity index is 407. The Morgan fingerprint density at radius 1 is 1.44 bits per heavy atom. The van der Waals surface area contributed by atoms with E-state index in [1.807, 2.05) is 39.1 Å². The molecule has 100 valence electrons. The van der Waals surface area contributed by atoms with E-state index in [1.54, 1.807) is 0 Å². The Labute approximate surface area is 116 Å². The smallest absolute Gasteiger partial charge is 0.344 e.